The summed E-state index contributed by atoms with van der Waals surface area (Å²) in [5.74, 6) is -0.136. The first-order valence-electron chi connectivity index (χ1n) is 10.2. The predicted octanol–water partition coefficient (Wildman–Crippen LogP) is 6.16. The summed E-state index contributed by atoms with van der Waals surface area (Å²) in [4.78, 5) is 16.4. The van der Waals surface area contributed by atoms with Crippen LogP contribution in [0.15, 0.2) is 48.7 Å². The van der Waals surface area contributed by atoms with Crippen molar-refractivity contribution in [3.63, 3.8) is 0 Å². The number of aromatic nitrogens is 1. The minimum atomic E-state index is -0.945. The first kappa shape index (κ1) is 21.4. The Kier molecular flexibility index (Phi) is 6.40. The molecule has 0 aliphatic rings. The molecule has 5 nitrogen and oxygen atoms in total. The van der Waals surface area contributed by atoms with E-state index in [0.29, 0.717) is 5.69 Å². The van der Waals surface area contributed by atoms with Crippen LogP contribution in [-0.4, -0.2) is 22.2 Å². The lowest BCUT2D eigenvalue weighted by molar-refractivity contribution is 0.0697. The summed E-state index contributed by atoms with van der Waals surface area (Å²) in [6.45, 7) is 9.92. The van der Waals surface area contributed by atoms with Crippen LogP contribution in [0.5, 0.6) is 5.75 Å². The van der Waals surface area contributed by atoms with Gasteiger partial charge in [-0.05, 0) is 75.1 Å². The van der Waals surface area contributed by atoms with Crippen LogP contribution in [0.4, 0.5) is 11.4 Å². The van der Waals surface area contributed by atoms with Crippen LogP contribution in [0.2, 0.25) is 0 Å². The van der Waals surface area contributed by atoms with Crippen molar-refractivity contribution < 1.29 is 14.6 Å². The number of aryl methyl sites for hydroxylation is 3. The second kappa shape index (κ2) is 8.99. The number of pyridine rings is 1. The molecule has 0 aliphatic carbocycles. The molecular formula is C25H28N2O3. The van der Waals surface area contributed by atoms with Crippen LogP contribution in [0.25, 0.3) is 11.3 Å². The number of hydrogen-bond acceptors (Lipinski definition) is 4. The highest BCUT2D eigenvalue weighted by Crippen LogP contribution is 2.31. The number of benzene rings is 2. The molecule has 3 rings (SSSR count). The number of hydrogen-bond donors (Lipinski definition) is 2. The first-order valence-corrected chi connectivity index (χ1v) is 10.2. The van der Waals surface area contributed by atoms with Crippen LogP contribution in [0.3, 0.4) is 0 Å². The first-order chi connectivity index (χ1) is 14.3. The molecule has 30 heavy (non-hydrogen) atoms. The number of nitrogens with one attached hydrogen (secondary N) is 1. The molecule has 0 fully saturated rings. The van der Waals surface area contributed by atoms with E-state index in [4.69, 9.17) is 4.74 Å². The maximum absolute atomic E-state index is 11.8. The third kappa shape index (κ3) is 4.79. The summed E-state index contributed by atoms with van der Waals surface area (Å²) in [6.07, 6.45) is 2.58. The van der Waals surface area contributed by atoms with Gasteiger partial charge in [-0.25, -0.2) is 4.79 Å². The van der Waals surface area contributed by atoms with Gasteiger partial charge in [0.1, 0.15) is 5.75 Å². The molecule has 2 N–H and O–H groups in total. The number of rotatable bonds is 7. The quantitative estimate of drug-likeness (QED) is 0.494. The standard InChI is InChI=1S/C25H28N2O3/c1-6-18-10-16(4)11-22(25(28)29)24(18)27-20-12-17(5)23(26-14-20)19-8-7-9-21(13-19)30-15(2)3/h7-15,27H,6H2,1-5H3,(H,28,29). The topological polar surface area (TPSA) is 71.5 Å². The van der Waals surface area contributed by atoms with Crippen molar-refractivity contribution in [2.45, 2.75) is 47.1 Å². The van der Waals surface area contributed by atoms with Gasteiger partial charge in [0.2, 0.25) is 0 Å². The molecule has 0 aliphatic heterocycles. The molecule has 1 heterocycles. The Morgan fingerprint density at radius 1 is 1.17 bits per heavy atom. The fourth-order valence-electron chi connectivity index (χ4n) is 3.54. The smallest absolute Gasteiger partial charge is 0.337 e. The summed E-state index contributed by atoms with van der Waals surface area (Å²) >= 11 is 0. The number of carboxylic acids is 1. The number of aromatic carboxylic acids is 1. The van der Waals surface area contributed by atoms with Gasteiger partial charge in [-0.3, -0.25) is 4.98 Å². The number of anilines is 2. The van der Waals surface area contributed by atoms with Gasteiger partial charge < -0.3 is 15.2 Å². The van der Waals surface area contributed by atoms with E-state index in [9.17, 15) is 9.90 Å². The van der Waals surface area contributed by atoms with Crippen LogP contribution in [0.1, 0.15) is 47.8 Å². The van der Waals surface area contributed by atoms with E-state index in [1.807, 2.05) is 71.0 Å². The van der Waals surface area contributed by atoms with Crippen molar-refractivity contribution in [1.29, 1.82) is 0 Å². The van der Waals surface area contributed by atoms with Crippen molar-refractivity contribution >= 4 is 17.3 Å². The lowest BCUT2D eigenvalue weighted by atomic mass is 10.0. The molecule has 0 saturated carbocycles. The molecule has 0 saturated heterocycles. The molecule has 0 spiro atoms. The van der Waals surface area contributed by atoms with Crippen molar-refractivity contribution in [3.8, 4) is 17.0 Å². The summed E-state index contributed by atoms with van der Waals surface area (Å²) in [6, 6.07) is 13.6. The normalized spacial score (nSPS) is 10.9. The van der Waals surface area contributed by atoms with E-state index in [1.165, 1.54) is 0 Å². The second-order valence-electron chi connectivity index (χ2n) is 7.71. The van der Waals surface area contributed by atoms with Gasteiger partial charge in [-0.2, -0.15) is 0 Å². The Labute approximate surface area is 177 Å². The maximum Gasteiger partial charge on any atom is 0.337 e. The zero-order chi connectivity index (χ0) is 21.8. The van der Waals surface area contributed by atoms with Gasteiger partial charge in [0.05, 0.1) is 34.9 Å². The summed E-state index contributed by atoms with van der Waals surface area (Å²) in [5.41, 5.74) is 6.39. The van der Waals surface area contributed by atoms with Gasteiger partial charge in [-0.1, -0.05) is 25.1 Å². The Hall–Kier alpha value is -3.34. The minimum absolute atomic E-state index is 0.103. The Balaban J connectivity index is 1.95. The maximum atomic E-state index is 11.8. The second-order valence-corrected chi connectivity index (χ2v) is 7.71. The molecule has 2 aromatic carbocycles. The zero-order valence-corrected chi connectivity index (χ0v) is 18.1. The molecule has 0 unspecified atom stereocenters. The SMILES string of the molecule is CCc1cc(C)cc(C(=O)O)c1Nc1cnc(-c2cccc(OC(C)C)c2)c(C)c1. The van der Waals surface area contributed by atoms with E-state index in [0.717, 1.165) is 45.8 Å². The van der Waals surface area contributed by atoms with Crippen LogP contribution in [0, 0.1) is 13.8 Å². The Morgan fingerprint density at radius 2 is 1.93 bits per heavy atom. The molecule has 3 aromatic rings. The van der Waals surface area contributed by atoms with Crippen molar-refractivity contribution in [2.75, 3.05) is 5.32 Å². The highest BCUT2D eigenvalue weighted by Gasteiger charge is 2.16. The van der Waals surface area contributed by atoms with Gasteiger partial charge in [0.25, 0.3) is 0 Å². The molecular weight excluding hydrogens is 376 g/mol. The van der Waals surface area contributed by atoms with E-state index in [-0.39, 0.29) is 11.7 Å². The fourth-order valence-corrected chi connectivity index (χ4v) is 3.54. The Morgan fingerprint density at radius 3 is 2.57 bits per heavy atom. The fraction of sp³-hybridized carbons (Fsp3) is 0.280. The van der Waals surface area contributed by atoms with Gasteiger partial charge >= 0.3 is 5.97 Å². The van der Waals surface area contributed by atoms with E-state index < -0.39 is 5.97 Å². The van der Waals surface area contributed by atoms with Crippen LogP contribution >= 0.6 is 0 Å². The van der Waals surface area contributed by atoms with Crippen molar-refractivity contribution in [2.24, 2.45) is 0 Å². The molecule has 1 aromatic heterocycles. The van der Waals surface area contributed by atoms with Crippen LogP contribution < -0.4 is 10.1 Å². The largest absolute Gasteiger partial charge is 0.491 e. The molecule has 0 bridgehead atoms. The lowest BCUT2D eigenvalue weighted by Gasteiger charge is -2.16. The number of ether oxygens (including phenoxy) is 1. The minimum Gasteiger partial charge on any atom is -0.491 e. The zero-order valence-electron chi connectivity index (χ0n) is 18.1. The van der Waals surface area contributed by atoms with Crippen LogP contribution in [-0.2, 0) is 6.42 Å². The van der Waals surface area contributed by atoms with Crippen molar-refractivity contribution in [1.82, 2.24) is 4.98 Å². The highest BCUT2D eigenvalue weighted by atomic mass is 16.5. The lowest BCUT2D eigenvalue weighted by Crippen LogP contribution is -2.07. The summed E-state index contributed by atoms with van der Waals surface area (Å²) in [7, 11) is 0. The number of carboxylic acid groups (broad SMARTS) is 1. The van der Waals surface area contributed by atoms with E-state index >= 15 is 0 Å². The molecule has 5 heteroatoms. The van der Waals surface area contributed by atoms with Crippen molar-refractivity contribution in [3.05, 3.63) is 70.9 Å². The van der Waals surface area contributed by atoms with Gasteiger partial charge in [0.15, 0.2) is 0 Å². The highest BCUT2D eigenvalue weighted by molar-refractivity contribution is 5.96. The van der Waals surface area contributed by atoms with E-state index in [1.54, 1.807) is 12.3 Å². The molecule has 0 radical (unpaired) electrons. The summed E-state index contributed by atoms with van der Waals surface area (Å²) < 4.78 is 5.79. The number of nitrogens with zero attached hydrogens (tertiary/aromatic N) is 1. The third-order valence-electron chi connectivity index (χ3n) is 4.80. The molecule has 0 atom stereocenters. The third-order valence-corrected chi connectivity index (χ3v) is 4.80. The average Bonchev–Trinajstić information content (AvgIpc) is 2.68. The van der Waals surface area contributed by atoms with E-state index in [2.05, 4.69) is 10.3 Å². The number of carbonyl (C=O) groups is 1. The van der Waals surface area contributed by atoms with Gasteiger partial charge in [-0.15, -0.1) is 0 Å². The molecule has 0 amide bonds. The Bertz CT molecular complexity index is 1070. The monoisotopic (exact) mass is 404 g/mol. The van der Waals surface area contributed by atoms with Gasteiger partial charge in [0, 0.05) is 5.56 Å². The average molecular weight is 405 g/mol. The predicted molar refractivity (Wildman–Crippen MR) is 121 cm³/mol. The summed E-state index contributed by atoms with van der Waals surface area (Å²) in [5, 5.41) is 12.9. The molecule has 156 valence electrons.